The van der Waals surface area contributed by atoms with E-state index in [-0.39, 0.29) is 0 Å². The molecule has 2 rings (SSSR count). The third kappa shape index (κ3) is 0.757. The number of rotatable bonds is 0. The van der Waals surface area contributed by atoms with E-state index in [9.17, 15) is 0 Å². The van der Waals surface area contributed by atoms with Gasteiger partial charge in [-0.3, -0.25) is 0 Å². The van der Waals surface area contributed by atoms with Crippen molar-refractivity contribution in [3.05, 3.63) is 36.9 Å². The third-order valence-corrected chi connectivity index (χ3v) is 1.38. The highest BCUT2D eigenvalue weighted by atomic mass is 16.5. The van der Waals surface area contributed by atoms with Crippen LogP contribution in [0.4, 0.5) is 0 Å². The lowest BCUT2D eigenvalue weighted by atomic mass is 10.4. The second-order valence-corrected chi connectivity index (χ2v) is 2.03. The monoisotopic (exact) mass is 137 g/mol. The molecule has 0 saturated heterocycles. The molecule has 0 aromatic rings. The topological polar surface area (TPSA) is 21.7 Å². The molecule has 2 heterocycles. The average molecular weight is 137 g/mol. The van der Waals surface area contributed by atoms with Crippen LogP contribution in [0.1, 0.15) is 0 Å². The average Bonchev–Trinajstić information content (AvgIpc) is 2.05. The molecule has 0 amide bonds. The molecule has 0 aromatic carbocycles. The number of fused-ring (bicyclic) bond motifs is 1. The van der Waals surface area contributed by atoms with Crippen molar-refractivity contribution in [2.24, 2.45) is 0 Å². The minimum atomic E-state index is 0.584. The molecule has 0 atom stereocenters. The predicted octanol–water partition coefficient (Wildman–Crippen LogP) is 1.13. The molecule has 2 aliphatic heterocycles. The van der Waals surface area contributed by atoms with Crippen molar-refractivity contribution in [2.75, 3.05) is 6.61 Å². The summed E-state index contributed by atoms with van der Waals surface area (Å²) in [5.41, 5.74) is 1.02. The van der Waals surface area contributed by atoms with Crippen LogP contribution in [-0.4, -0.2) is 11.5 Å². The van der Waals surface area contributed by atoms with Gasteiger partial charge in [-0.2, -0.15) is 0 Å². The molecule has 2 aliphatic rings. The molecule has 3 heteroatoms. The summed E-state index contributed by atoms with van der Waals surface area (Å²) in [5.74, 6) is 0. The quantitative estimate of drug-likeness (QED) is 0.499. The maximum absolute atomic E-state index is 5.03. The standard InChI is InChI=1S/C7H7NO2/c1-3-9-5-7-6-10-4-2-8(1)7/h1-5H,6H2. The molecule has 0 fully saturated rings. The molecule has 0 aromatic heterocycles. The smallest absolute Gasteiger partial charge is 0.131 e. The summed E-state index contributed by atoms with van der Waals surface area (Å²) in [5, 5.41) is 0. The normalized spacial score (nSPS) is 20.8. The fourth-order valence-corrected chi connectivity index (χ4v) is 0.871. The van der Waals surface area contributed by atoms with Gasteiger partial charge in [0.2, 0.25) is 0 Å². The van der Waals surface area contributed by atoms with Crippen molar-refractivity contribution in [1.82, 2.24) is 4.90 Å². The number of nitrogens with zero attached hydrogens (tertiary/aromatic N) is 1. The molecular weight excluding hydrogens is 130 g/mol. The Kier molecular flexibility index (Phi) is 1.13. The van der Waals surface area contributed by atoms with E-state index in [1.54, 1.807) is 18.8 Å². The fourth-order valence-electron chi connectivity index (χ4n) is 0.871. The highest BCUT2D eigenvalue weighted by Gasteiger charge is 2.10. The Bertz CT molecular complexity index is 218. The van der Waals surface area contributed by atoms with Crippen molar-refractivity contribution in [1.29, 1.82) is 0 Å². The zero-order chi connectivity index (χ0) is 6.81. The summed E-state index contributed by atoms with van der Waals surface area (Å²) in [4.78, 5) is 1.95. The largest absolute Gasteiger partial charge is 0.493 e. The lowest BCUT2D eigenvalue weighted by Crippen LogP contribution is -2.19. The van der Waals surface area contributed by atoms with Crippen LogP contribution in [0.15, 0.2) is 36.9 Å². The Morgan fingerprint density at radius 1 is 1.30 bits per heavy atom. The van der Waals surface area contributed by atoms with Gasteiger partial charge in [-0.1, -0.05) is 0 Å². The lowest BCUT2D eigenvalue weighted by Gasteiger charge is -2.24. The Balaban J connectivity index is 2.26. The van der Waals surface area contributed by atoms with Crippen LogP contribution in [0.5, 0.6) is 0 Å². The van der Waals surface area contributed by atoms with E-state index in [4.69, 9.17) is 9.47 Å². The summed E-state index contributed by atoms with van der Waals surface area (Å²) in [6, 6.07) is 0. The zero-order valence-corrected chi connectivity index (χ0v) is 5.36. The molecule has 0 N–H and O–H groups in total. The Morgan fingerprint density at radius 2 is 2.20 bits per heavy atom. The molecule has 0 unspecified atom stereocenters. The molecule has 0 radical (unpaired) electrons. The second-order valence-electron chi connectivity index (χ2n) is 2.03. The summed E-state index contributed by atoms with van der Waals surface area (Å²) in [7, 11) is 0. The van der Waals surface area contributed by atoms with Crippen molar-refractivity contribution in [3.8, 4) is 0 Å². The highest BCUT2D eigenvalue weighted by molar-refractivity contribution is 5.13. The molecule has 0 spiro atoms. The third-order valence-electron chi connectivity index (χ3n) is 1.38. The van der Waals surface area contributed by atoms with Crippen molar-refractivity contribution >= 4 is 0 Å². The van der Waals surface area contributed by atoms with E-state index < -0.39 is 0 Å². The van der Waals surface area contributed by atoms with Gasteiger partial charge < -0.3 is 14.4 Å². The molecule has 0 saturated carbocycles. The van der Waals surface area contributed by atoms with Crippen LogP contribution in [0.3, 0.4) is 0 Å². The molecule has 52 valence electrons. The van der Waals surface area contributed by atoms with Gasteiger partial charge in [-0.05, 0) is 0 Å². The minimum absolute atomic E-state index is 0.584. The predicted molar refractivity (Wildman–Crippen MR) is 35.2 cm³/mol. The van der Waals surface area contributed by atoms with E-state index in [1.807, 2.05) is 17.3 Å². The van der Waals surface area contributed by atoms with Gasteiger partial charge >= 0.3 is 0 Å². The Labute approximate surface area is 58.8 Å². The molecule has 0 aliphatic carbocycles. The van der Waals surface area contributed by atoms with Crippen LogP contribution in [0, 0.1) is 0 Å². The minimum Gasteiger partial charge on any atom is -0.493 e. The number of hydrogen-bond acceptors (Lipinski definition) is 3. The molecule has 3 nitrogen and oxygen atoms in total. The summed E-state index contributed by atoms with van der Waals surface area (Å²) in [6.07, 6.45) is 8.64. The zero-order valence-electron chi connectivity index (χ0n) is 5.36. The lowest BCUT2D eigenvalue weighted by molar-refractivity contribution is 0.215. The van der Waals surface area contributed by atoms with Gasteiger partial charge in [-0.15, -0.1) is 0 Å². The fraction of sp³-hybridized carbons (Fsp3) is 0.143. The van der Waals surface area contributed by atoms with Gasteiger partial charge in [0.15, 0.2) is 0 Å². The van der Waals surface area contributed by atoms with Crippen LogP contribution < -0.4 is 0 Å². The maximum atomic E-state index is 5.03. The van der Waals surface area contributed by atoms with E-state index >= 15 is 0 Å². The van der Waals surface area contributed by atoms with Crippen molar-refractivity contribution < 1.29 is 9.47 Å². The van der Waals surface area contributed by atoms with Crippen LogP contribution in [-0.2, 0) is 9.47 Å². The van der Waals surface area contributed by atoms with Crippen molar-refractivity contribution in [3.63, 3.8) is 0 Å². The summed E-state index contributed by atoms with van der Waals surface area (Å²) in [6.45, 7) is 0.584. The Morgan fingerprint density at radius 3 is 3.10 bits per heavy atom. The maximum Gasteiger partial charge on any atom is 0.131 e. The van der Waals surface area contributed by atoms with Crippen LogP contribution >= 0.6 is 0 Å². The van der Waals surface area contributed by atoms with E-state index in [0.29, 0.717) is 6.61 Å². The number of ether oxygens (including phenoxy) is 2. The van der Waals surface area contributed by atoms with Gasteiger partial charge in [0.25, 0.3) is 0 Å². The van der Waals surface area contributed by atoms with E-state index in [2.05, 4.69) is 0 Å². The first kappa shape index (κ1) is 5.41. The van der Waals surface area contributed by atoms with Gasteiger partial charge in [0.1, 0.15) is 25.4 Å². The number of hydrogen-bond donors (Lipinski definition) is 0. The molecular formula is C7H7NO2. The first-order valence-electron chi connectivity index (χ1n) is 3.04. The van der Waals surface area contributed by atoms with Gasteiger partial charge in [-0.25, -0.2) is 0 Å². The molecule has 10 heavy (non-hydrogen) atoms. The summed E-state index contributed by atoms with van der Waals surface area (Å²) < 4.78 is 9.98. The molecule has 0 bridgehead atoms. The van der Waals surface area contributed by atoms with Gasteiger partial charge in [0.05, 0.1) is 5.70 Å². The van der Waals surface area contributed by atoms with Crippen LogP contribution in [0.25, 0.3) is 0 Å². The van der Waals surface area contributed by atoms with Crippen molar-refractivity contribution in [2.45, 2.75) is 0 Å². The first-order valence-corrected chi connectivity index (χ1v) is 3.04. The van der Waals surface area contributed by atoms with Crippen LogP contribution in [0.2, 0.25) is 0 Å². The van der Waals surface area contributed by atoms with E-state index in [1.165, 1.54) is 0 Å². The summed E-state index contributed by atoms with van der Waals surface area (Å²) >= 11 is 0. The first-order chi connectivity index (χ1) is 4.97. The Hall–Kier alpha value is -1.38. The highest BCUT2D eigenvalue weighted by Crippen LogP contribution is 2.15. The van der Waals surface area contributed by atoms with Gasteiger partial charge in [0, 0.05) is 12.4 Å². The second kappa shape index (κ2) is 2.10. The SMILES string of the molecule is C1=CN2C=COCC2=CO1. The van der Waals surface area contributed by atoms with E-state index in [0.717, 1.165) is 5.70 Å².